The summed E-state index contributed by atoms with van der Waals surface area (Å²) in [5.41, 5.74) is 1.82. The average Bonchev–Trinajstić information content (AvgIpc) is 2.46. The largest absolute Gasteiger partial charge is 0.496 e. The summed E-state index contributed by atoms with van der Waals surface area (Å²) < 4.78 is 10.8. The van der Waals surface area contributed by atoms with Crippen LogP contribution in [0.25, 0.3) is 0 Å². The van der Waals surface area contributed by atoms with Crippen LogP contribution in [0.5, 0.6) is 11.5 Å². The van der Waals surface area contributed by atoms with Gasteiger partial charge in [0.05, 0.1) is 19.9 Å². The normalized spacial score (nSPS) is 25.1. The summed E-state index contributed by atoms with van der Waals surface area (Å²) in [5, 5.41) is 6.34. The van der Waals surface area contributed by atoms with E-state index in [9.17, 15) is 4.79 Å². The Balaban J connectivity index is 2.16. The zero-order valence-corrected chi connectivity index (χ0v) is 11.2. The van der Waals surface area contributed by atoms with Gasteiger partial charge < -0.3 is 20.1 Å². The molecule has 2 heterocycles. The minimum absolute atomic E-state index is 0.0229. The van der Waals surface area contributed by atoms with E-state index in [0.717, 1.165) is 36.5 Å². The number of carbonyl (C=O) groups is 1. The van der Waals surface area contributed by atoms with E-state index < -0.39 is 0 Å². The second-order valence-corrected chi connectivity index (χ2v) is 4.95. The number of hydrogen-bond donors (Lipinski definition) is 2. The van der Waals surface area contributed by atoms with Crippen molar-refractivity contribution in [1.82, 2.24) is 5.32 Å². The predicted octanol–water partition coefficient (Wildman–Crippen LogP) is 1.35. The van der Waals surface area contributed by atoms with Crippen LogP contribution in [0.2, 0.25) is 0 Å². The molecule has 1 saturated heterocycles. The van der Waals surface area contributed by atoms with Crippen molar-refractivity contribution >= 4 is 11.6 Å². The predicted molar refractivity (Wildman–Crippen MR) is 71.9 cm³/mol. The van der Waals surface area contributed by atoms with Gasteiger partial charge in [0.15, 0.2) is 0 Å². The molecule has 102 valence electrons. The average molecular weight is 262 g/mol. The Hall–Kier alpha value is -1.75. The smallest absolute Gasteiger partial charge is 0.228 e. The molecule has 1 aromatic carbocycles. The van der Waals surface area contributed by atoms with Gasteiger partial charge in [-0.15, -0.1) is 0 Å². The minimum Gasteiger partial charge on any atom is -0.496 e. The van der Waals surface area contributed by atoms with Crippen LogP contribution in [-0.2, 0) is 4.79 Å². The third kappa shape index (κ3) is 1.85. The van der Waals surface area contributed by atoms with Gasteiger partial charge in [0.2, 0.25) is 5.91 Å². The lowest BCUT2D eigenvalue weighted by molar-refractivity contribution is -0.121. The molecule has 2 unspecified atom stereocenters. The molecule has 5 nitrogen and oxygen atoms in total. The van der Waals surface area contributed by atoms with Crippen LogP contribution < -0.4 is 20.1 Å². The quantitative estimate of drug-likeness (QED) is 0.844. The molecular weight excluding hydrogens is 244 g/mol. The Labute approximate surface area is 112 Å². The fourth-order valence-corrected chi connectivity index (χ4v) is 3.12. The summed E-state index contributed by atoms with van der Waals surface area (Å²) in [7, 11) is 3.27. The van der Waals surface area contributed by atoms with Crippen molar-refractivity contribution in [2.45, 2.75) is 12.3 Å². The zero-order chi connectivity index (χ0) is 13.4. The highest BCUT2D eigenvalue weighted by atomic mass is 16.5. The van der Waals surface area contributed by atoms with Crippen LogP contribution in [0.4, 0.5) is 5.69 Å². The van der Waals surface area contributed by atoms with Gasteiger partial charge in [0.1, 0.15) is 11.5 Å². The van der Waals surface area contributed by atoms with Crippen LogP contribution >= 0.6 is 0 Å². The van der Waals surface area contributed by atoms with Crippen LogP contribution in [0.1, 0.15) is 17.9 Å². The molecule has 3 rings (SSSR count). The molecule has 0 spiro atoms. The van der Waals surface area contributed by atoms with E-state index in [1.54, 1.807) is 14.2 Å². The van der Waals surface area contributed by atoms with Crippen molar-refractivity contribution < 1.29 is 14.3 Å². The van der Waals surface area contributed by atoms with Gasteiger partial charge in [-0.25, -0.2) is 0 Å². The van der Waals surface area contributed by atoms with E-state index in [4.69, 9.17) is 9.47 Å². The minimum atomic E-state index is 0.0229. The first-order valence-electron chi connectivity index (χ1n) is 6.52. The first kappa shape index (κ1) is 12.3. The van der Waals surface area contributed by atoms with Crippen molar-refractivity contribution in [1.29, 1.82) is 0 Å². The molecule has 2 N–H and O–H groups in total. The molecule has 2 aliphatic heterocycles. The Morgan fingerprint density at radius 2 is 1.89 bits per heavy atom. The SMILES string of the molecule is COc1ccc(OC)c2c1NC(=O)C1CCNCC21. The first-order chi connectivity index (χ1) is 9.26. The third-order valence-electron chi connectivity index (χ3n) is 4.04. The Morgan fingerprint density at radius 3 is 2.63 bits per heavy atom. The van der Waals surface area contributed by atoms with Gasteiger partial charge in [-0.1, -0.05) is 0 Å². The summed E-state index contributed by atoms with van der Waals surface area (Å²) in [5.74, 6) is 1.77. The lowest BCUT2D eigenvalue weighted by atomic mass is 9.77. The number of anilines is 1. The van der Waals surface area contributed by atoms with E-state index in [0.29, 0.717) is 5.75 Å². The summed E-state index contributed by atoms with van der Waals surface area (Å²) in [4.78, 5) is 12.2. The molecule has 0 aliphatic carbocycles. The molecule has 2 aliphatic rings. The van der Waals surface area contributed by atoms with Gasteiger partial charge in [-0.2, -0.15) is 0 Å². The summed E-state index contributed by atoms with van der Waals surface area (Å²) in [6.45, 7) is 1.69. The van der Waals surface area contributed by atoms with Crippen molar-refractivity contribution in [3.05, 3.63) is 17.7 Å². The highest BCUT2D eigenvalue weighted by Crippen LogP contribution is 2.47. The van der Waals surface area contributed by atoms with E-state index in [-0.39, 0.29) is 17.7 Å². The molecule has 5 heteroatoms. The lowest BCUT2D eigenvalue weighted by Crippen LogP contribution is -2.44. The summed E-state index contributed by atoms with van der Waals surface area (Å²) >= 11 is 0. The Kier molecular flexibility index (Phi) is 3.06. The van der Waals surface area contributed by atoms with Gasteiger partial charge >= 0.3 is 0 Å². The monoisotopic (exact) mass is 262 g/mol. The van der Waals surface area contributed by atoms with E-state index in [1.807, 2.05) is 12.1 Å². The fourth-order valence-electron chi connectivity index (χ4n) is 3.12. The van der Waals surface area contributed by atoms with Crippen LogP contribution in [0.3, 0.4) is 0 Å². The molecule has 0 aromatic heterocycles. The number of methoxy groups -OCH3 is 2. The van der Waals surface area contributed by atoms with Crippen molar-refractivity contribution in [2.75, 3.05) is 32.6 Å². The third-order valence-corrected chi connectivity index (χ3v) is 4.04. The Bertz CT molecular complexity index is 516. The number of benzene rings is 1. The number of rotatable bonds is 2. The lowest BCUT2D eigenvalue weighted by Gasteiger charge is -2.37. The van der Waals surface area contributed by atoms with Crippen LogP contribution in [0, 0.1) is 5.92 Å². The number of ether oxygens (including phenoxy) is 2. The molecule has 1 aromatic rings. The van der Waals surface area contributed by atoms with Gasteiger partial charge in [-0.05, 0) is 25.1 Å². The number of piperidine rings is 1. The van der Waals surface area contributed by atoms with E-state index in [2.05, 4.69) is 10.6 Å². The number of hydrogen-bond acceptors (Lipinski definition) is 4. The van der Waals surface area contributed by atoms with Crippen LogP contribution in [-0.4, -0.2) is 33.2 Å². The number of nitrogens with one attached hydrogen (secondary N) is 2. The maximum absolute atomic E-state index is 12.2. The maximum atomic E-state index is 12.2. The maximum Gasteiger partial charge on any atom is 0.228 e. The zero-order valence-electron chi connectivity index (χ0n) is 11.2. The number of amides is 1. The standard InChI is InChI=1S/C14H18N2O3/c1-18-10-3-4-11(19-2)13-12(10)9-7-15-6-5-8(9)14(17)16-13/h3-4,8-9,15H,5-7H2,1-2H3,(H,16,17). The summed E-state index contributed by atoms with van der Waals surface area (Å²) in [6, 6.07) is 3.73. The molecule has 0 radical (unpaired) electrons. The number of carbonyl (C=O) groups excluding carboxylic acids is 1. The van der Waals surface area contributed by atoms with Crippen molar-refractivity contribution in [3.63, 3.8) is 0 Å². The van der Waals surface area contributed by atoms with Gasteiger partial charge in [-0.3, -0.25) is 4.79 Å². The molecule has 0 saturated carbocycles. The van der Waals surface area contributed by atoms with Gasteiger partial charge in [0, 0.05) is 23.9 Å². The Morgan fingerprint density at radius 1 is 1.16 bits per heavy atom. The molecule has 0 bridgehead atoms. The van der Waals surface area contributed by atoms with Crippen LogP contribution in [0.15, 0.2) is 12.1 Å². The first-order valence-corrected chi connectivity index (χ1v) is 6.52. The molecular formula is C14H18N2O3. The van der Waals surface area contributed by atoms with Crippen molar-refractivity contribution in [3.8, 4) is 11.5 Å². The highest BCUT2D eigenvalue weighted by molar-refractivity contribution is 5.99. The van der Waals surface area contributed by atoms with E-state index >= 15 is 0 Å². The number of fused-ring (bicyclic) bond motifs is 3. The topological polar surface area (TPSA) is 59.6 Å². The molecule has 2 atom stereocenters. The second kappa shape index (κ2) is 4.74. The highest BCUT2D eigenvalue weighted by Gasteiger charge is 2.40. The molecule has 1 fully saturated rings. The van der Waals surface area contributed by atoms with Gasteiger partial charge in [0.25, 0.3) is 0 Å². The summed E-state index contributed by atoms with van der Waals surface area (Å²) in [6.07, 6.45) is 0.857. The molecule has 1 amide bonds. The van der Waals surface area contributed by atoms with E-state index in [1.165, 1.54) is 0 Å². The second-order valence-electron chi connectivity index (χ2n) is 4.95. The molecule has 19 heavy (non-hydrogen) atoms. The van der Waals surface area contributed by atoms with Crippen molar-refractivity contribution in [2.24, 2.45) is 5.92 Å². The fraction of sp³-hybridized carbons (Fsp3) is 0.500.